The number of nitrogens with one attached hydrogen (secondary N) is 2. The van der Waals surface area contributed by atoms with Crippen LogP contribution in [0.5, 0.6) is 0 Å². The van der Waals surface area contributed by atoms with Gasteiger partial charge in [-0.15, -0.1) is 24.0 Å². The van der Waals surface area contributed by atoms with E-state index in [2.05, 4.69) is 56.7 Å². The predicted molar refractivity (Wildman–Crippen MR) is 123 cm³/mol. The van der Waals surface area contributed by atoms with E-state index in [4.69, 9.17) is 0 Å². The smallest absolute Gasteiger partial charge is 0.190 e. The van der Waals surface area contributed by atoms with Gasteiger partial charge in [-0.3, -0.25) is 4.99 Å². The molecule has 5 nitrogen and oxygen atoms in total. The lowest BCUT2D eigenvalue weighted by atomic mass is 9.97. The molecule has 1 aliphatic heterocycles. The molecule has 1 heterocycles. The van der Waals surface area contributed by atoms with Crippen LogP contribution in [0.4, 0.5) is 0 Å². The first-order valence-electron chi connectivity index (χ1n) is 8.81. The summed E-state index contributed by atoms with van der Waals surface area (Å²) in [6, 6.07) is 8.42. The van der Waals surface area contributed by atoms with Crippen molar-refractivity contribution in [3.63, 3.8) is 0 Å². The van der Waals surface area contributed by atoms with Crippen molar-refractivity contribution in [2.24, 2.45) is 16.8 Å². The van der Waals surface area contributed by atoms with Crippen molar-refractivity contribution >= 4 is 55.7 Å². The lowest BCUT2D eigenvalue weighted by Gasteiger charge is -2.19. The van der Waals surface area contributed by atoms with Gasteiger partial charge in [0.05, 0.1) is 11.5 Å². The van der Waals surface area contributed by atoms with Gasteiger partial charge in [-0.1, -0.05) is 41.4 Å². The molecular weight excluding hydrogens is 529 g/mol. The Hall–Kier alpha value is -0.350. The highest BCUT2D eigenvalue weighted by Gasteiger charge is 2.27. The lowest BCUT2D eigenvalue weighted by molar-refractivity contribution is 0.490. The summed E-state index contributed by atoms with van der Waals surface area (Å²) < 4.78 is 24.2. The van der Waals surface area contributed by atoms with Crippen molar-refractivity contribution in [2.45, 2.75) is 26.2 Å². The van der Waals surface area contributed by atoms with Crippen LogP contribution >= 0.6 is 39.9 Å². The van der Waals surface area contributed by atoms with E-state index in [1.54, 1.807) is 7.05 Å². The first-order valence-corrected chi connectivity index (χ1v) is 11.4. The third kappa shape index (κ3) is 8.12. The summed E-state index contributed by atoms with van der Waals surface area (Å²) in [5, 5.41) is 6.65. The zero-order chi connectivity index (χ0) is 18.3. The second-order valence-electron chi connectivity index (χ2n) is 6.71. The Balaban J connectivity index is 0.00000338. The third-order valence-corrected chi connectivity index (χ3v) is 6.99. The normalized spacial score (nSPS) is 20.3. The van der Waals surface area contributed by atoms with E-state index in [-0.39, 0.29) is 35.6 Å². The summed E-state index contributed by atoms with van der Waals surface area (Å²) in [7, 11) is -1.08. The first-order chi connectivity index (χ1) is 11.9. The van der Waals surface area contributed by atoms with E-state index < -0.39 is 9.84 Å². The number of rotatable bonds is 7. The Morgan fingerprint density at radius 1 is 1.38 bits per heavy atom. The summed E-state index contributed by atoms with van der Waals surface area (Å²) in [4.78, 5) is 4.25. The molecule has 1 saturated heterocycles. The minimum atomic E-state index is -2.82. The largest absolute Gasteiger partial charge is 0.356 e. The second-order valence-corrected chi connectivity index (χ2v) is 9.86. The molecule has 2 unspecified atom stereocenters. The summed E-state index contributed by atoms with van der Waals surface area (Å²) in [6.07, 6.45) is 2.84. The number of nitrogens with zero attached hydrogens (tertiary/aromatic N) is 1. The van der Waals surface area contributed by atoms with Crippen LogP contribution in [0.1, 0.15) is 25.3 Å². The van der Waals surface area contributed by atoms with Gasteiger partial charge in [-0.2, -0.15) is 0 Å². The molecule has 0 aliphatic carbocycles. The Morgan fingerprint density at radius 2 is 2.15 bits per heavy atom. The Morgan fingerprint density at radius 3 is 2.73 bits per heavy atom. The third-order valence-electron chi connectivity index (χ3n) is 4.66. The van der Waals surface area contributed by atoms with Crippen molar-refractivity contribution in [2.75, 3.05) is 31.6 Å². The van der Waals surface area contributed by atoms with Crippen LogP contribution in [0.2, 0.25) is 0 Å². The molecule has 2 N–H and O–H groups in total. The van der Waals surface area contributed by atoms with Crippen LogP contribution in [0.25, 0.3) is 0 Å². The first kappa shape index (κ1) is 23.7. The van der Waals surface area contributed by atoms with Crippen LogP contribution in [0.15, 0.2) is 33.7 Å². The molecule has 0 aromatic heterocycles. The Bertz CT molecular complexity index is 697. The fourth-order valence-electron chi connectivity index (χ4n) is 3.09. The zero-order valence-corrected chi connectivity index (χ0v) is 20.1. The number of hydrogen-bond acceptors (Lipinski definition) is 3. The molecule has 1 aliphatic rings. The Labute approximate surface area is 182 Å². The monoisotopic (exact) mass is 557 g/mol. The highest BCUT2D eigenvalue weighted by molar-refractivity contribution is 14.0. The van der Waals surface area contributed by atoms with Gasteiger partial charge in [-0.25, -0.2) is 8.42 Å². The van der Waals surface area contributed by atoms with Crippen molar-refractivity contribution in [3.05, 3.63) is 34.3 Å². The average molecular weight is 558 g/mol. The standard InChI is InChI=1S/C18H28BrN3O2S.HI/c1-3-14(9-15-5-4-6-17(19)10-15)11-21-18(20-2)22-12-16-7-8-25(23,24)13-16;/h4-6,10,14,16H,3,7-9,11-13H2,1-2H3,(H2,20,21,22);1H. The fraction of sp³-hybridized carbons (Fsp3) is 0.611. The topological polar surface area (TPSA) is 70.6 Å². The SMILES string of the molecule is CCC(CNC(=NC)NCC1CCS(=O)(=O)C1)Cc1cccc(Br)c1.I. The van der Waals surface area contributed by atoms with Crippen LogP contribution in [-0.2, 0) is 16.3 Å². The molecule has 0 bridgehead atoms. The van der Waals surface area contributed by atoms with Crippen LogP contribution < -0.4 is 10.6 Å². The van der Waals surface area contributed by atoms with Crippen molar-refractivity contribution in [1.29, 1.82) is 0 Å². The van der Waals surface area contributed by atoms with E-state index in [0.717, 1.165) is 36.2 Å². The molecule has 1 aromatic carbocycles. The number of halogens is 2. The lowest BCUT2D eigenvalue weighted by Crippen LogP contribution is -2.42. The molecule has 0 spiro atoms. The number of aliphatic imine (C=N–C) groups is 1. The molecule has 2 rings (SSSR count). The molecule has 26 heavy (non-hydrogen) atoms. The predicted octanol–water partition coefficient (Wildman–Crippen LogP) is 3.24. The molecule has 1 aromatic rings. The van der Waals surface area contributed by atoms with Gasteiger partial charge in [0, 0.05) is 24.6 Å². The van der Waals surface area contributed by atoms with Crippen LogP contribution in [0, 0.1) is 11.8 Å². The van der Waals surface area contributed by atoms with Crippen molar-refractivity contribution < 1.29 is 8.42 Å². The van der Waals surface area contributed by atoms with Crippen LogP contribution in [-0.4, -0.2) is 46.0 Å². The molecule has 148 valence electrons. The van der Waals surface area contributed by atoms with E-state index in [0.29, 0.717) is 18.2 Å². The maximum Gasteiger partial charge on any atom is 0.190 e. The van der Waals surface area contributed by atoms with E-state index >= 15 is 0 Å². The van der Waals surface area contributed by atoms with Crippen molar-refractivity contribution in [1.82, 2.24) is 10.6 Å². The number of guanidine groups is 1. The number of benzene rings is 1. The molecule has 2 atom stereocenters. The second kappa shape index (κ2) is 11.5. The van der Waals surface area contributed by atoms with E-state index in [9.17, 15) is 8.42 Å². The summed E-state index contributed by atoms with van der Waals surface area (Å²) in [5.74, 6) is 2.05. The highest BCUT2D eigenvalue weighted by atomic mass is 127. The average Bonchev–Trinajstić information content (AvgIpc) is 2.93. The van der Waals surface area contributed by atoms with Gasteiger partial charge in [0.2, 0.25) is 0 Å². The summed E-state index contributed by atoms with van der Waals surface area (Å²) in [5.41, 5.74) is 1.32. The summed E-state index contributed by atoms with van der Waals surface area (Å²) >= 11 is 3.52. The van der Waals surface area contributed by atoms with Crippen LogP contribution in [0.3, 0.4) is 0 Å². The van der Waals surface area contributed by atoms with E-state index in [1.165, 1.54) is 5.56 Å². The highest BCUT2D eigenvalue weighted by Crippen LogP contribution is 2.18. The van der Waals surface area contributed by atoms with Gasteiger partial charge >= 0.3 is 0 Å². The van der Waals surface area contributed by atoms with Gasteiger partial charge in [-0.05, 0) is 42.4 Å². The molecule has 1 fully saturated rings. The number of hydrogen-bond donors (Lipinski definition) is 2. The van der Waals surface area contributed by atoms with Gasteiger partial charge in [0.1, 0.15) is 0 Å². The minimum absolute atomic E-state index is 0. The molecule has 0 saturated carbocycles. The van der Waals surface area contributed by atoms with Gasteiger partial charge in [0.25, 0.3) is 0 Å². The number of sulfone groups is 1. The zero-order valence-electron chi connectivity index (χ0n) is 15.4. The van der Waals surface area contributed by atoms with Gasteiger partial charge in [0.15, 0.2) is 15.8 Å². The van der Waals surface area contributed by atoms with Gasteiger partial charge < -0.3 is 10.6 Å². The summed E-state index contributed by atoms with van der Waals surface area (Å²) in [6.45, 7) is 3.69. The molecule has 0 radical (unpaired) electrons. The minimum Gasteiger partial charge on any atom is -0.356 e. The molecule has 8 heteroatoms. The quantitative estimate of drug-likeness (QED) is 0.307. The van der Waals surface area contributed by atoms with E-state index in [1.807, 2.05) is 6.07 Å². The molecule has 0 amide bonds. The fourth-order valence-corrected chi connectivity index (χ4v) is 5.40. The molecular formula is C18H29BrIN3O2S. The maximum absolute atomic E-state index is 11.5. The Kier molecular flexibility index (Phi) is 10.5. The van der Waals surface area contributed by atoms with Crippen molar-refractivity contribution in [3.8, 4) is 0 Å². The maximum atomic E-state index is 11.5.